The van der Waals surface area contributed by atoms with Gasteiger partial charge in [-0.3, -0.25) is 0 Å². The zero-order chi connectivity index (χ0) is 12.3. The molecule has 0 amide bonds. The second-order valence-corrected chi connectivity index (χ2v) is 4.85. The lowest BCUT2D eigenvalue weighted by atomic mass is 10.1. The van der Waals surface area contributed by atoms with E-state index in [2.05, 4.69) is 5.10 Å². The first kappa shape index (κ1) is 12.3. The molecule has 1 aromatic rings. The lowest BCUT2D eigenvalue weighted by molar-refractivity contribution is -0.0168. The fourth-order valence-corrected chi connectivity index (χ4v) is 2.41. The van der Waals surface area contributed by atoms with Gasteiger partial charge < -0.3 is 21.1 Å². The number of hydrogen-bond donors (Lipinski definition) is 2. The van der Waals surface area contributed by atoms with Crippen LogP contribution in [0.25, 0.3) is 0 Å². The summed E-state index contributed by atoms with van der Waals surface area (Å²) in [5.74, 6) is 6.49. The normalized spacial score (nSPS) is 15.2. The second kappa shape index (κ2) is 5.48. The minimum atomic E-state index is 0.257. The van der Waals surface area contributed by atoms with Crippen molar-refractivity contribution >= 4 is 28.5 Å². The molecule has 0 aromatic heterocycles. The van der Waals surface area contributed by atoms with Gasteiger partial charge in [-0.25, -0.2) is 0 Å². The van der Waals surface area contributed by atoms with Gasteiger partial charge in [0.1, 0.15) is 5.75 Å². The molecule has 0 spiro atoms. The SMILES string of the molecule is NN=C(N)SCc1cc(Cl)cc2c1OCOC2. The Labute approximate surface area is 108 Å². The number of benzene rings is 1. The number of nitrogens with two attached hydrogens (primary N) is 2. The minimum Gasteiger partial charge on any atom is -0.467 e. The molecule has 0 bridgehead atoms. The summed E-state index contributed by atoms with van der Waals surface area (Å²) in [5, 5.41) is 4.37. The molecule has 2 rings (SSSR count). The number of hydrazone groups is 1. The van der Waals surface area contributed by atoms with Gasteiger partial charge in [0.2, 0.25) is 0 Å². The van der Waals surface area contributed by atoms with Crippen LogP contribution in [0.15, 0.2) is 17.2 Å². The van der Waals surface area contributed by atoms with Crippen molar-refractivity contribution in [1.29, 1.82) is 0 Å². The summed E-state index contributed by atoms with van der Waals surface area (Å²) in [6.07, 6.45) is 0. The Bertz CT molecular complexity index is 453. The van der Waals surface area contributed by atoms with Gasteiger partial charge in [0.15, 0.2) is 12.0 Å². The van der Waals surface area contributed by atoms with E-state index in [0.717, 1.165) is 16.9 Å². The zero-order valence-corrected chi connectivity index (χ0v) is 10.6. The topological polar surface area (TPSA) is 82.9 Å². The summed E-state index contributed by atoms with van der Waals surface area (Å²) in [5.41, 5.74) is 7.44. The van der Waals surface area contributed by atoms with Crippen LogP contribution in [0.5, 0.6) is 5.75 Å². The second-order valence-electron chi connectivity index (χ2n) is 3.42. The number of fused-ring (bicyclic) bond motifs is 1. The molecular formula is C10H12ClN3O2S. The summed E-state index contributed by atoms with van der Waals surface area (Å²) < 4.78 is 10.7. The van der Waals surface area contributed by atoms with Gasteiger partial charge in [0.25, 0.3) is 0 Å². The van der Waals surface area contributed by atoms with Gasteiger partial charge in [-0.2, -0.15) is 5.10 Å². The van der Waals surface area contributed by atoms with Crippen LogP contribution in [0.4, 0.5) is 0 Å². The van der Waals surface area contributed by atoms with Crippen molar-refractivity contribution in [3.05, 3.63) is 28.3 Å². The van der Waals surface area contributed by atoms with Gasteiger partial charge in [0.05, 0.1) is 6.61 Å². The lowest BCUT2D eigenvalue weighted by Crippen LogP contribution is -2.14. The molecule has 4 N–H and O–H groups in total. The van der Waals surface area contributed by atoms with Crippen molar-refractivity contribution in [3.63, 3.8) is 0 Å². The third-order valence-electron chi connectivity index (χ3n) is 2.25. The molecule has 17 heavy (non-hydrogen) atoms. The Balaban J connectivity index is 2.23. The van der Waals surface area contributed by atoms with E-state index in [1.165, 1.54) is 11.8 Å². The van der Waals surface area contributed by atoms with E-state index in [9.17, 15) is 0 Å². The average molecular weight is 274 g/mol. The van der Waals surface area contributed by atoms with Crippen molar-refractivity contribution in [1.82, 2.24) is 0 Å². The quantitative estimate of drug-likeness (QED) is 0.370. The fraction of sp³-hybridized carbons (Fsp3) is 0.300. The number of ether oxygens (including phenoxy) is 2. The largest absolute Gasteiger partial charge is 0.467 e. The van der Waals surface area contributed by atoms with Crippen molar-refractivity contribution < 1.29 is 9.47 Å². The van der Waals surface area contributed by atoms with Crippen LogP contribution >= 0.6 is 23.4 Å². The van der Waals surface area contributed by atoms with E-state index in [1.807, 2.05) is 12.1 Å². The van der Waals surface area contributed by atoms with Crippen LogP contribution in [0.3, 0.4) is 0 Å². The Hall–Kier alpha value is -1.11. The lowest BCUT2D eigenvalue weighted by Gasteiger charge is -2.20. The summed E-state index contributed by atoms with van der Waals surface area (Å²) >= 11 is 7.36. The number of thioether (sulfide) groups is 1. The minimum absolute atomic E-state index is 0.257. The number of rotatable bonds is 2. The molecule has 7 heteroatoms. The van der Waals surface area contributed by atoms with E-state index in [1.54, 1.807) is 0 Å². The maximum atomic E-state index is 6.02. The molecule has 1 aliphatic rings. The summed E-state index contributed by atoms with van der Waals surface area (Å²) in [6.45, 7) is 0.765. The van der Waals surface area contributed by atoms with Crippen molar-refractivity contribution in [2.45, 2.75) is 12.4 Å². The molecule has 0 atom stereocenters. The molecule has 0 aliphatic carbocycles. The standard InChI is InChI=1S/C10H12ClN3O2S/c11-8-1-6-3-15-5-16-9(6)7(2-8)4-17-10(12)14-13/h1-2H,3-5,13H2,(H2,12,14). The number of halogens is 1. The Morgan fingerprint density at radius 2 is 2.35 bits per heavy atom. The van der Waals surface area contributed by atoms with Crippen LogP contribution in [-0.4, -0.2) is 12.0 Å². The number of amidine groups is 1. The smallest absolute Gasteiger partial charge is 0.189 e. The van der Waals surface area contributed by atoms with Crippen LogP contribution in [-0.2, 0) is 17.1 Å². The maximum absolute atomic E-state index is 6.02. The number of nitrogens with zero attached hydrogens (tertiary/aromatic N) is 1. The molecule has 1 aromatic carbocycles. The molecular weight excluding hydrogens is 262 g/mol. The first-order valence-electron chi connectivity index (χ1n) is 4.88. The third-order valence-corrected chi connectivity index (χ3v) is 3.33. The molecule has 1 aliphatic heterocycles. The van der Waals surface area contributed by atoms with E-state index in [4.69, 9.17) is 32.7 Å². The van der Waals surface area contributed by atoms with Gasteiger partial charge in [-0.1, -0.05) is 23.4 Å². The third kappa shape index (κ3) is 2.96. The van der Waals surface area contributed by atoms with E-state index in [0.29, 0.717) is 22.6 Å². The predicted octanol–water partition coefficient (Wildman–Crippen LogP) is 1.63. The Kier molecular flexibility index (Phi) is 3.98. The van der Waals surface area contributed by atoms with E-state index in [-0.39, 0.29) is 6.79 Å². The van der Waals surface area contributed by atoms with Crippen LogP contribution < -0.4 is 16.3 Å². The molecule has 0 fully saturated rings. The van der Waals surface area contributed by atoms with Crippen molar-refractivity contribution in [2.75, 3.05) is 6.79 Å². The van der Waals surface area contributed by atoms with Gasteiger partial charge >= 0.3 is 0 Å². The molecule has 0 radical (unpaired) electrons. The van der Waals surface area contributed by atoms with Crippen LogP contribution in [0, 0.1) is 0 Å². The summed E-state index contributed by atoms with van der Waals surface area (Å²) in [7, 11) is 0. The average Bonchev–Trinajstić information content (AvgIpc) is 2.35. The van der Waals surface area contributed by atoms with Gasteiger partial charge in [-0.15, -0.1) is 0 Å². The molecule has 0 saturated carbocycles. The number of hydrogen-bond acceptors (Lipinski definition) is 5. The first-order chi connectivity index (χ1) is 8.20. The van der Waals surface area contributed by atoms with Gasteiger partial charge in [0, 0.05) is 21.9 Å². The molecule has 5 nitrogen and oxygen atoms in total. The fourth-order valence-electron chi connectivity index (χ4n) is 1.55. The highest BCUT2D eigenvalue weighted by atomic mass is 35.5. The summed E-state index contributed by atoms with van der Waals surface area (Å²) in [4.78, 5) is 0. The van der Waals surface area contributed by atoms with Crippen LogP contribution in [0.2, 0.25) is 5.02 Å². The van der Waals surface area contributed by atoms with E-state index >= 15 is 0 Å². The molecule has 0 unspecified atom stereocenters. The first-order valence-corrected chi connectivity index (χ1v) is 6.25. The monoisotopic (exact) mass is 273 g/mol. The molecule has 1 heterocycles. The van der Waals surface area contributed by atoms with Crippen molar-refractivity contribution in [3.8, 4) is 5.75 Å². The molecule has 92 valence electrons. The predicted molar refractivity (Wildman–Crippen MR) is 68.8 cm³/mol. The highest BCUT2D eigenvalue weighted by Gasteiger charge is 2.16. The molecule has 0 saturated heterocycles. The Morgan fingerprint density at radius 1 is 1.53 bits per heavy atom. The maximum Gasteiger partial charge on any atom is 0.189 e. The van der Waals surface area contributed by atoms with E-state index < -0.39 is 0 Å². The van der Waals surface area contributed by atoms with Crippen LogP contribution in [0.1, 0.15) is 11.1 Å². The highest BCUT2D eigenvalue weighted by molar-refractivity contribution is 8.13. The Morgan fingerprint density at radius 3 is 3.12 bits per heavy atom. The summed E-state index contributed by atoms with van der Waals surface area (Å²) in [6, 6.07) is 3.69. The van der Waals surface area contributed by atoms with Gasteiger partial charge in [-0.05, 0) is 12.1 Å². The highest BCUT2D eigenvalue weighted by Crippen LogP contribution is 2.33. The zero-order valence-electron chi connectivity index (χ0n) is 8.98. The van der Waals surface area contributed by atoms with Crippen molar-refractivity contribution in [2.24, 2.45) is 16.7 Å².